The summed E-state index contributed by atoms with van der Waals surface area (Å²) in [5.41, 5.74) is 1.23. The fraction of sp³-hybridized carbons (Fsp3) is 0.812. The maximum Gasteiger partial charge on any atom is 0.0764 e. The number of rotatable bonds is 5. The van der Waals surface area contributed by atoms with Crippen molar-refractivity contribution in [1.82, 2.24) is 14.7 Å². The van der Waals surface area contributed by atoms with E-state index in [0.29, 0.717) is 6.04 Å². The molecule has 0 radical (unpaired) electrons. The zero-order valence-corrected chi connectivity index (χ0v) is 14.1. The van der Waals surface area contributed by atoms with Crippen molar-refractivity contribution >= 4 is 15.9 Å². The van der Waals surface area contributed by atoms with Gasteiger partial charge in [0.15, 0.2) is 0 Å². The quantitative estimate of drug-likeness (QED) is 0.756. The summed E-state index contributed by atoms with van der Waals surface area (Å²) < 4.78 is 2.22. The lowest BCUT2D eigenvalue weighted by Gasteiger charge is -2.34. The van der Waals surface area contributed by atoms with E-state index in [1.165, 1.54) is 57.2 Å². The molecule has 0 spiro atoms. The molecule has 0 amide bonds. The highest BCUT2D eigenvalue weighted by Crippen LogP contribution is 2.33. The van der Waals surface area contributed by atoms with Gasteiger partial charge in [0, 0.05) is 24.1 Å². The summed E-state index contributed by atoms with van der Waals surface area (Å²) in [5, 5.41) is 4.81. The molecule has 0 aromatic carbocycles. The molecule has 0 atom stereocenters. The molecule has 0 bridgehead atoms. The van der Waals surface area contributed by atoms with Gasteiger partial charge in [0.25, 0.3) is 0 Å². The first-order chi connectivity index (χ1) is 9.70. The van der Waals surface area contributed by atoms with E-state index in [-0.39, 0.29) is 0 Å². The Morgan fingerprint density at radius 3 is 2.75 bits per heavy atom. The number of hydrogen-bond donors (Lipinski definition) is 0. The first-order valence-electron chi connectivity index (χ1n) is 8.07. The maximum atomic E-state index is 4.81. The van der Waals surface area contributed by atoms with Crippen molar-refractivity contribution in [3.05, 3.63) is 18.0 Å². The van der Waals surface area contributed by atoms with Crippen molar-refractivity contribution in [2.75, 3.05) is 13.6 Å². The number of halogens is 1. The Balaban J connectivity index is 1.48. The van der Waals surface area contributed by atoms with Gasteiger partial charge in [-0.1, -0.05) is 35.2 Å². The Kier molecular flexibility index (Phi) is 4.82. The average molecular weight is 340 g/mol. The molecular formula is C16H26BrN3. The van der Waals surface area contributed by atoms with E-state index in [9.17, 15) is 0 Å². The third-order valence-electron chi connectivity index (χ3n) is 4.79. The standard InChI is InChI=1S/C16H26BrN3/c1-19(11-13-9-14(17)10-13)12-15-7-8-20(18-15)16-5-3-2-4-6-16/h7-8,13-14,16H,2-6,9-12H2,1H3. The van der Waals surface area contributed by atoms with Gasteiger partial charge in [-0.3, -0.25) is 4.68 Å². The zero-order valence-electron chi connectivity index (χ0n) is 12.5. The number of hydrogen-bond acceptors (Lipinski definition) is 2. The monoisotopic (exact) mass is 339 g/mol. The molecule has 1 aromatic rings. The molecule has 2 fully saturated rings. The summed E-state index contributed by atoms with van der Waals surface area (Å²) in [4.78, 5) is 3.20. The van der Waals surface area contributed by atoms with Crippen LogP contribution in [0.4, 0.5) is 0 Å². The predicted octanol–water partition coefficient (Wildman–Crippen LogP) is 3.99. The Morgan fingerprint density at radius 1 is 1.30 bits per heavy atom. The molecule has 0 unspecified atom stereocenters. The minimum atomic E-state index is 0.656. The smallest absolute Gasteiger partial charge is 0.0764 e. The molecule has 0 N–H and O–H groups in total. The van der Waals surface area contributed by atoms with E-state index in [1.54, 1.807) is 0 Å². The van der Waals surface area contributed by atoms with Gasteiger partial charge in [-0.2, -0.15) is 5.10 Å². The number of alkyl halides is 1. The van der Waals surface area contributed by atoms with Crippen molar-refractivity contribution < 1.29 is 0 Å². The third-order valence-corrected chi connectivity index (χ3v) is 5.54. The van der Waals surface area contributed by atoms with Crippen LogP contribution < -0.4 is 0 Å². The van der Waals surface area contributed by atoms with E-state index in [4.69, 9.17) is 5.10 Å². The zero-order chi connectivity index (χ0) is 13.9. The fourth-order valence-electron chi connectivity index (χ4n) is 3.60. The van der Waals surface area contributed by atoms with Gasteiger partial charge in [0.1, 0.15) is 0 Å². The fourth-order valence-corrected chi connectivity index (χ4v) is 4.65. The second kappa shape index (κ2) is 6.61. The predicted molar refractivity (Wildman–Crippen MR) is 86.1 cm³/mol. The highest BCUT2D eigenvalue weighted by molar-refractivity contribution is 9.09. The molecule has 1 aromatic heterocycles. The lowest BCUT2D eigenvalue weighted by Crippen LogP contribution is -2.34. The maximum absolute atomic E-state index is 4.81. The molecule has 112 valence electrons. The van der Waals surface area contributed by atoms with Gasteiger partial charge in [-0.25, -0.2) is 0 Å². The topological polar surface area (TPSA) is 21.1 Å². The lowest BCUT2D eigenvalue weighted by atomic mass is 9.85. The van der Waals surface area contributed by atoms with E-state index in [0.717, 1.165) is 17.3 Å². The Hall–Kier alpha value is -0.350. The minimum absolute atomic E-state index is 0.656. The first-order valence-corrected chi connectivity index (χ1v) is 8.99. The number of aromatic nitrogens is 2. The van der Waals surface area contributed by atoms with Crippen LogP contribution in [0.25, 0.3) is 0 Å². The Morgan fingerprint density at radius 2 is 2.05 bits per heavy atom. The molecule has 3 rings (SSSR count). The van der Waals surface area contributed by atoms with Gasteiger partial charge < -0.3 is 4.90 Å². The van der Waals surface area contributed by atoms with Gasteiger partial charge >= 0.3 is 0 Å². The van der Waals surface area contributed by atoms with Crippen LogP contribution in [0.1, 0.15) is 56.7 Å². The largest absolute Gasteiger partial charge is 0.300 e. The van der Waals surface area contributed by atoms with Gasteiger partial charge in [0.05, 0.1) is 11.7 Å². The normalized spacial score (nSPS) is 27.8. The lowest BCUT2D eigenvalue weighted by molar-refractivity contribution is 0.205. The van der Waals surface area contributed by atoms with Crippen molar-refractivity contribution in [1.29, 1.82) is 0 Å². The average Bonchev–Trinajstić information content (AvgIpc) is 2.86. The van der Waals surface area contributed by atoms with Crippen molar-refractivity contribution in [2.45, 2.75) is 62.4 Å². The molecule has 4 heteroatoms. The molecule has 2 aliphatic carbocycles. The molecule has 2 saturated carbocycles. The van der Waals surface area contributed by atoms with Gasteiger partial charge in [-0.15, -0.1) is 0 Å². The van der Waals surface area contributed by atoms with Crippen LogP contribution in [0, 0.1) is 5.92 Å². The highest BCUT2D eigenvalue weighted by Gasteiger charge is 2.27. The Labute approximate surface area is 130 Å². The summed E-state index contributed by atoms with van der Waals surface area (Å²) >= 11 is 3.67. The molecule has 3 nitrogen and oxygen atoms in total. The molecule has 2 aliphatic rings. The molecule has 1 heterocycles. The Bertz CT molecular complexity index is 419. The summed E-state index contributed by atoms with van der Waals surface area (Å²) in [5.74, 6) is 0.879. The molecular weight excluding hydrogens is 314 g/mol. The minimum Gasteiger partial charge on any atom is -0.300 e. The second-order valence-corrected chi connectivity index (χ2v) is 8.01. The summed E-state index contributed by atoms with van der Waals surface area (Å²) in [6.45, 7) is 2.20. The summed E-state index contributed by atoms with van der Waals surface area (Å²) in [7, 11) is 2.22. The van der Waals surface area contributed by atoms with Crippen LogP contribution >= 0.6 is 15.9 Å². The van der Waals surface area contributed by atoms with Crippen LogP contribution in [0.2, 0.25) is 0 Å². The molecule has 0 aliphatic heterocycles. The van der Waals surface area contributed by atoms with Crippen molar-refractivity contribution in [2.24, 2.45) is 5.92 Å². The SMILES string of the molecule is CN(Cc1ccn(C2CCCCC2)n1)CC1CC(Br)C1. The molecule has 0 saturated heterocycles. The number of nitrogens with zero attached hydrogens (tertiary/aromatic N) is 3. The second-order valence-electron chi connectivity index (χ2n) is 6.71. The summed E-state index contributed by atoms with van der Waals surface area (Å²) in [6.07, 6.45) is 11.6. The van der Waals surface area contributed by atoms with Gasteiger partial charge in [0.2, 0.25) is 0 Å². The third kappa shape index (κ3) is 3.64. The highest BCUT2D eigenvalue weighted by atomic mass is 79.9. The van der Waals surface area contributed by atoms with Crippen LogP contribution in [-0.2, 0) is 6.54 Å². The van der Waals surface area contributed by atoms with Crippen LogP contribution in [0.3, 0.4) is 0 Å². The van der Waals surface area contributed by atoms with E-state index >= 15 is 0 Å². The van der Waals surface area contributed by atoms with E-state index < -0.39 is 0 Å². The van der Waals surface area contributed by atoms with Gasteiger partial charge in [-0.05, 0) is 44.7 Å². The van der Waals surface area contributed by atoms with Crippen LogP contribution in [-0.4, -0.2) is 33.1 Å². The summed E-state index contributed by atoms with van der Waals surface area (Å²) in [6, 6.07) is 2.86. The first kappa shape index (κ1) is 14.6. The van der Waals surface area contributed by atoms with Crippen LogP contribution in [0.5, 0.6) is 0 Å². The van der Waals surface area contributed by atoms with Crippen LogP contribution in [0.15, 0.2) is 12.3 Å². The van der Waals surface area contributed by atoms with E-state index in [1.807, 2.05) is 0 Å². The molecule has 20 heavy (non-hydrogen) atoms. The van der Waals surface area contributed by atoms with Crippen molar-refractivity contribution in [3.63, 3.8) is 0 Å². The van der Waals surface area contributed by atoms with E-state index in [2.05, 4.69) is 44.8 Å². The van der Waals surface area contributed by atoms with Crippen molar-refractivity contribution in [3.8, 4) is 0 Å².